The molecule has 5 heteroatoms. The van der Waals surface area contributed by atoms with Crippen LogP contribution in [0.2, 0.25) is 5.02 Å². The summed E-state index contributed by atoms with van der Waals surface area (Å²) in [6.07, 6.45) is 0. The van der Waals surface area contributed by atoms with E-state index in [1.54, 1.807) is 14.0 Å². The predicted molar refractivity (Wildman–Crippen MR) is 45.3 cm³/mol. The van der Waals surface area contributed by atoms with Crippen molar-refractivity contribution in [1.29, 1.82) is 0 Å². The van der Waals surface area contributed by atoms with E-state index in [2.05, 4.69) is 9.69 Å². The molecule has 3 nitrogen and oxygen atoms in total. The maximum Gasteiger partial charge on any atom is 0.264 e. The number of halogens is 1. The van der Waals surface area contributed by atoms with Gasteiger partial charge in [-0.3, -0.25) is 4.79 Å². The second-order valence-electron chi connectivity index (χ2n) is 1.99. The predicted octanol–water partition coefficient (Wildman–Crippen LogP) is 1.46. The second-order valence-corrected chi connectivity index (χ2v) is 3.14. The molecule has 60 valence electrons. The Bertz CT molecular complexity index is 284. The van der Waals surface area contributed by atoms with Gasteiger partial charge in [0.15, 0.2) is 0 Å². The first kappa shape index (κ1) is 8.49. The van der Waals surface area contributed by atoms with E-state index >= 15 is 0 Å². The molecule has 1 rings (SSSR count). The Kier molecular flexibility index (Phi) is 2.46. The van der Waals surface area contributed by atoms with Gasteiger partial charge in [-0.2, -0.15) is 4.37 Å². The molecule has 0 aliphatic rings. The third kappa shape index (κ3) is 1.52. The molecule has 1 aromatic rings. The fraction of sp³-hybridized carbons (Fsp3) is 0.333. The lowest BCUT2D eigenvalue weighted by atomic mass is 10.4. The average Bonchev–Trinajstić information content (AvgIpc) is 2.32. The molecule has 1 heterocycles. The summed E-state index contributed by atoms with van der Waals surface area (Å²) < 4.78 is 3.93. The van der Waals surface area contributed by atoms with Gasteiger partial charge in [0.1, 0.15) is 4.88 Å². The fourth-order valence-electron chi connectivity index (χ4n) is 0.613. The van der Waals surface area contributed by atoms with Crippen LogP contribution < -0.4 is 5.32 Å². The van der Waals surface area contributed by atoms with Crippen LogP contribution in [0.25, 0.3) is 0 Å². The van der Waals surface area contributed by atoms with Crippen LogP contribution >= 0.6 is 23.1 Å². The van der Waals surface area contributed by atoms with Crippen molar-refractivity contribution in [2.45, 2.75) is 6.92 Å². The standard InChI is InChI=1S/C6H7ClN2OS/c1-3-4(7)5(11-9-3)6(10)8-2/h1-2H3,(H,8,10). The van der Waals surface area contributed by atoms with Gasteiger partial charge in [0, 0.05) is 7.05 Å². The summed E-state index contributed by atoms with van der Waals surface area (Å²) in [5, 5.41) is 2.94. The van der Waals surface area contributed by atoms with Crippen molar-refractivity contribution in [2.24, 2.45) is 0 Å². The number of carbonyl (C=O) groups excluding carboxylic acids is 1. The third-order valence-corrected chi connectivity index (χ3v) is 2.74. The highest BCUT2D eigenvalue weighted by atomic mass is 35.5. The second kappa shape index (κ2) is 3.19. The number of amides is 1. The quantitative estimate of drug-likeness (QED) is 0.729. The van der Waals surface area contributed by atoms with Crippen LogP contribution in [0.3, 0.4) is 0 Å². The molecule has 11 heavy (non-hydrogen) atoms. The number of nitrogens with zero attached hydrogens (tertiary/aromatic N) is 1. The molecule has 0 aliphatic heterocycles. The number of aryl methyl sites for hydroxylation is 1. The highest BCUT2D eigenvalue weighted by molar-refractivity contribution is 7.08. The van der Waals surface area contributed by atoms with Crippen molar-refractivity contribution in [3.8, 4) is 0 Å². The molecule has 1 amide bonds. The average molecular weight is 191 g/mol. The summed E-state index contributed by atoms with van der Waals surface area (Å²) in [7, 11) is 1.56. The molecule has 0 bridgehead atoms. The number of aromatic nitrogens is 1. The van der Waals surface area contributed by atoms with E-state index in [-0.39, 0.29) is 5.91 Å². The molecule has 0 aliphatic carbocycles. The van der Waals surface area contributed by atoms with E-state index in [0.717, 1.165) is 11.5 Å². The summed E-state index contributed by atoms with van der Waals surface area (Å²) in [6.45, 7) is 1.77. The van der Waals surface area contributed by atoms with Crippen LogP contribution in [-0.2, 0) is 0 Å². The lowest BCUT2D eigenvalue weighted by Gasteiger charge is -1.93. The zero-order chi connectivity index (χ0) is 8.43. The highest BCUT2D eigenvalue weighted by Gasteiger charge is 2.13. The molecule has 0 atom stereocenters. The van der Waals surface area contributed by atoms with Crippen LogP contribution in [-0.4, -0.2) is 17.3 Å². The summed E-state index contributed by atoms with van der Waals surface area (Å²) in [6, 6.07) is 0. The van der Waals surface area contributed by atoms with Gasteiger partial charge in [-0.05, 0) is 18.5 Å². The minimum absolute atomic E-state index is 0.180. The number of nitrogens with one attached hydrogen (secondary N) is 1. The first-order valence-corrected chi connectivity index (χ1v) is 4.15. The van der Waals surface area contributed by atoms with Gasteiger partial charge in [0.2, 0.25) is 0 Å². The third-order valence-electron chi connectivity index (χ3n) is 1.22. The zero-order valence-corrected chi connectivity index (χ0v) is 7.71. The topological polar surface area (TPSA) is 42.0 Å². The Morgan fingerprint density at radius 2 is 2.36 bits per heavy atom. The minimum atomic E-state index is -0.180. The van der Waals surface area contributed by atoms with Crippen molar-refractivity contribution in [3.63, 3.8) is 0 Å². The number of rotatable bonds is 1. The van der Waals surface area contributed by atoms with E-state index in [1.165, 1.54) is 0 Å². The molecule has 1 N–H and O–H groups in total. The number of hydrogen-bond donors (Lipinski definition) is 1. The van der Waals surface area contributed by atoms with Crippen molar-refractivity contribution in [3.05, 3.63) is 15.6 Å². The van der Waals surface area contributed by atoms with E-state index in [0.29, 0.717) is 15.6 Å². The lowest BCUT2D eigenvalue weighted by molar-refractivity contribution is 0.0967. The monoisotopic (exact) mass is 190 g/mol. The van der Waals surface area contributed by atoms with Gasteiger partial charge >= 0.3 is 0 Å². The van der Waals surface area contributed by atoms with E-state index < -0.39 is 0 Å². The Morgan fingerprint density at radius 3 is 2.73 bits per heavy atom. The fourth-order valence-corrected chi connectivity index (χ4v) is 1.63. The SMILES string of the molecule is CNC(=O)c1snc(C)c1Cl. The molecule has 0 fully saturated rings. The minimum Gasteiger partial charge on any atom is -0.354 e. The Morgan fingerprint density at radius 1 is 1.73 bits per heavy atom. The maximum absolute atomic E-state index is 11.0. The Balaban J connectivity index is 3.04. The summed E-state index contributed by atoms with van der Waals surface area (Å²) >= 11 is 6.88. The Hall–Kier alpha value is -0.610. The van der Waals surface area contributed by atoms with Gasteiger partial charge in [0.25, 0.3) is 5.91 Å². The number of hydrogen-bond acceptors (Lipinski definition) is 3. The summed E-state index contributed by atoms with van der Waals surface area (Å²) in [5.41, 5.74) is 0.704. The van der Waals surface area contributed by atoms with Gasteiger partial charge in [0.05, 0.1) is 10.7 Å². The van der Waals surface area contributed by atoms with Crippen molar-refractivity contribution in [2.75, 3.05) is 7.05 Å². The molecule has 0 saturated carbocycles. The molecule has 0 aromatic carbocycles. The number of carbonyl (C=O) groups is 1. The first-order valence-electron chi connectivity index (χ1n) is 3.00. The molecular formula is C6H7ClN2OS. The van der Waals surface area contributed by atoms with Gasteiger partial charge in [-0.1, -0.05) is 11.6 Å². The molecular weight excluding hydrogens is 184 g/mol. The first-order chi connectivity index (χ1) is 5.16. The van der Waals surface area contributed by atoms with E-state index in [4.69, 9.17) is 11.6 Å². The van der Waals surface area contributed by atoms with Crippen molar-refractivity contribution in [1.82, 2.24) is 9.69 Å². The molecule has 0 unspecified atom stereocenters. The van der Waals surface area contributed by atoms with Gasteiger partial charge in [-0.25, -0.2) is 0 Å². The maximum atomic E-state index is 11.0. The van der Waals surface area contributed by atoms with Crippen LogP contribution in [0.4, 0.5) is 0 Å². The van der Waals surface area contributed by atoms with Crippen LogP contribution in [0.15, 0.2) is 0 Å². The molecule has 0 spiro atoms. The van der Waals surface area contributed by atoms with Crippen LogP contribution in [0, 0.1) is 6.92 Å². The molecule has 0 radical (unpaired) electrons. The van der Waals surface area contributed by atoms with Crippen LogP contribution in [0.1, 0.15) is 15.4 Å². The van der Waals surface area contributed by atoms with E-state index in [1.807, 2.05) is 0 Å². The summed E-state index contributed by atoms with van der Waals surface area (Å²) in [5.74, 6) is -0.180. The van der Waals surface area contributed by atoms with Crippen LogP contribution in [0.5, 0.6) is 0 Å². The van der Waals surface area contributed by atoms with E-state index in [9.17, 15) is 4.79 Å². The smallest absolute Gasteiger partial charge is 0.264 e. The van der Waals surface area contributed by atoms with Gasteiger partial charge < -0.3 is 5.32 Å². The van der Waals surface area contributed by atoms with Crippen molar-refractivity contribution < 1.29 is 4.79 Å². The summed E-state index contributed by atoms with van der Waals surface area (Å²) in [4.78, 5) is 11.5. The highest BCUT2D eigenvalue weighted by Crippen LogP contribution is 2.23. The van der Waals surface area contributed by atoms with Crippen molar-refractivity contribution >= 4 is 29.0 Å². The Labute approximate surface area is 73.5 Å². The normalized spacial score (nSPS) is 9.73. The van der Waals surface area contributed by atoms with Gasteiger partial charge in [-0.15, -0.1) is 0 Å². The lowest BCUT2D eigenvalue weighted by Crippen LogP contribution is -2.16. The largest absolute Gasteiger partial charge is 0.354 e. The molecule has 1 aromatic heterocycles. The zero-order valence-electron chi connectivity index (χ0n) is 6.14. The molecule has 0 saturated heterocycles.